The molecule has 2 rings (SSSR count). The Labute approximate surface area is 181 Å². The SMILES string of the molecule is C[C@@H](OC(=O)c1ccccc1C(=O)N(C)c1ccccc1)C(=O)NC(=O)NC(C)(C)C. The number of amides is 4. The topological polar surface area (TPSA) is 105 Å². The molecule has 0 bridgehead atoms. The molecule has 4 amide bonds. The van der Waals surface area contributed by atoms with Crippen LogP contribution < -0.4 is 15.5 Å². The normalized spacial score (nSPS) is 11.8. The predicted molar refractivity (Wildman–Crippen MR) is 117 cm³/mol. The molecular weight excluding hydrogens is 398 g/mol. The summed E-state index contributed by atoms with van der Waals surface area (Å²) in [4.78, 5) is 51.1. The number of imide groups is 1. The number of para-hydroxylation sites is 1. The molecule has 2 aromatic carbocycles. The zero-order valence-electron chi connectivity index (χ0n) is 18.3. The molecule has 31 heavy (non-hydrogen) atoms. The van der Waals surface area contributed by atoms with Gasteiger partial charge in [-0.25, -0.2) is 9.59 Å². The van der Waals surface area contributed by atoms with Crippen LogP contribution in [0.4, 0.5) is 10.5 Å². The van der Waals surface area contributed by atoms with Gasteiger partial charge in [0.2, 0.25) is 0 Å². The van der Waals surface area contributed by atoms with Crippen LogP contribution in [0.2, 0.25) is 0 Å². The Hall–Kier alpha value is -3.68. The molecule has 0 heterocycles. The molecule has 8 heteroatoms. The van der Waals surface area contributed by atoms with Crippen molar-refractivity contribution in [3.63, 3.8) is 0 Å². The van der Waals surface area contributed by atoms with Gasteiger partial charge in [0.1, 0.15) is 0 Å². The lowest BCUT2D eigenvalue weighted by atomic mass is 10.1. The molecule has 0 aromatic heterocycles. The van der Waals surface area contributed by atoms with Gasteiger partial charge in [-0.1, -0.05) is 30.3 Å². The summed E-state index contributed by atoms with van der Waals surface area (Å²) in [6.07, 6.45) is -1.24. The highest BCUT2D eigenvalue weighted by molar-refractivity contribution is 6.12. The summed E-state index contributed by atoms with van der Waals surface area (Å²) in [6, 6.07) is 14.5. The Kier molecular flexibility index (Phi) is 7.52. The Morgan fingerprint density at radius 2 is 1.45 bits per heavy atom. The third-order valence-corrected chi connectivity index (χ3v) is 4.20. The van der Waals surface area contributed by atoms with Crippen molar-refractivity contribution >= 4 is 29.5 Å². The third kappa shape index (κ3) is 6.67. The maximum absolute atomic E-state index is 13.0. The number of rotatable bonds is 5. The van der Waals surface area contributed by atoms with Gasteiger partial charge < -0.3 is 15.0 Å². The molecule has 2 N–H and O–H groups in total. The summed E-state index contributed by atoms with van der Waals surface area (Å²) in [5.74, 6) is -2.02. The minimum Gasteiger partial charge on any atom is -0.449 e. The molecular formula is C23H27N3O5. The zero-order chi connectivity index (χ0) is 23.2. The van der Waals surface area contributed by atoms with Crippen LogP contribution in [-0.2, 0) is 9.53 Å². The first kappa shape index (κ1) is 23.6. The first-order valence-corrected chi connectivity index (χ1v) is 9.75. The van der Waals surface area contributed by atoms with Gasteiger partial charge in [0.05, 0.1) is 11.1 Å². The molecule has 0 saturated carbocycles. The van der Waals surface area contributed by atoms with Gasteiger partial charge in [-0.15, -0.1) is 0 Å². The zero-order valence-corrected chi connectivity index (χ0v) is 18.3. The van der Waals surface area contributed by atoms with Crippen molar-refractivity contribution in [2.45, 2.75) is 39.3 Å². The van der Waals surface area contributed by atoms with Gasteiger partial charge in [-0.3, -0.25) is 14.9 Å². The van der Waals surface area contributed by atoms with E-state index < -0.39 is 35.5 Å². The van der Waals surface area contributed by atoms with E-state index in [1.165, 1.54) is 24.0 Å². The molecule has 164 valence electrons. The maximum Gasteiger partial charge on any atom is 0.339 e. The molecule has 0 unspecified atom stereocenters. The van der Waals surface area contributed by atoms with Crippen LogP contribution >= 0.6 is 0 Å². The van der Waals surface area contributed by atoms with Crippen LogP contribution in [0.15, 0.2) is 54.6 Å². The molecule has 0 spiro atoms. The number of anilines is 1. The number of hydrogen-bond acceptors (Lipinski definition) is 5. The maximum atomic E-state index is 13.0. The fourth-order valence-corrected chi connectivity index (χ4v) is 2.66. The second kappa shape index (κ2) is 9.88. The fourth-order valence-electron chi connectivity index (χ4n) is 2.66. The Bertz CT molecular complexity index is 967. The predicted octanol–water partition coefficient (Wildman–Crippen LogP) is 3.13. The van der Waals surface area contributed by atoms with Crippen LogP contribution in [0.25, 0.3) is 0 Å². The van der Waals surface area contributed by atoms with E-state index in [0.29, 0.717) is 5.69 Å². The minimum absolute atomic E-state index is 0.0223. The first-order valence-electron chi connectivity index (χ1n) is 9.75. The summed E-state index contributed by atoms with van der Waals surface area (Å²) >= 11 is 0. The highest BCUT2D eigenvalue weighted by atomic mass is 16.5. The van der Waals surface area contributed by atoms with Crippen molar-refractivity contribution in [3.05, 3.63) is 65.7 Å². The number of benzene rings is 2. The molecule has 2 aromatic rings. The quantitative estimate of drug-likeness (QED) is 0.716. The molecule has 0 saturated heterocycles. The number of esters is 1. The standard InChI is InChI=1S/C23H27N3O5/c1-15(19(27)24-22(30)25-23(2,3)4)31-21(29)18-14-10-9-13-17(18)20(28)26(5)16-11-7-6-8-12-16/h6-15H,1-5H3,(H2,24,25,27,30)/t15-/m1/s1. The second-order valence-corrected chi connectivity index (χ2v) is 7.99. The summed E-state index contributed by atoms with van der Waals surface area (Å²) in [6.45, 7) is 6.64. The molecule has 0 aliphatic heterocycles. The van der Waals surface area contributed by atoms with Crippen molar-refractivity contribution in [2.24, 2.45) is 0 Å². The summed E-state index contributed by atoms with van der Waals surface area (Å²) in [5, 5.41) is 4.71. The average molecular weight is 425 g/mol. The van der Waals surface area contributed by atoms with E-state index in [0.717, 1.165) is 0 Å². The average Bonchev–Trinajstić information content (AvgIpc) is 2.71. The number of nitrogens with zero attached hydrogens (tertiary/aromatic N) is 1. The Balaban J connectivity index is 2.11. The Morgan fingerprint density at radius 1 is 0.903 bits per heavy atom. The number of ether oxygens (including phenoxy) is 1. The van der Waals surface area contributed by atoms with Crippen molar-refractivity contribution in [1.82, 2.24) is 10.6 Å². The smallest absolute Gasteiger partial charge is 0.339 e. The van der Waals surface area contributed by atoms with Gasteiger partial charge in [0.25, 0.3) is 11.8 Å². The molecule has 1 atom stereocenters. The van der Waals surface area contributed by atoms with E-state index in [1.54, 1.807) is 64.2 Å². The second-order valence-electron chi connectivity index (χ2n) is 7.99. The summed E-state index contributed by atoms with van der Waals surface area (Å²) in [7, 11) is 1.60. The van der Waals surface area contributed by atoms with Crippen LogP contribution in [-0.4, -0.2) is 42.5 Å². The van der Waals surface area contributed by atoms with Gasteiger partial charge in [0, 0.05) is 18.3 Å². The Morgan fingerprint density at radius 3 is 2.03 bits per heavy atom. The van der Waals surface area contributed by atoms with E-state index in [2.05, 4.69) is 10.6 Å². The molecule has 8 nitrogen and oxygen atoms in total. The van der Waals surface area contributed by atoms with Gasteiger partial charge in [-0.2, -0.15) is 0 Å². The van der Waals surface area contributed by atoms with Crippen LogP contribution in [0, 0.1) is 0 Å². The highest BCUT2D eigenvalue weighted by Crippen LogP contribution is 2.18. The van der Waals surface area contributed by atoms with Gasteiger partial charge in [0.15, 0.2) is 6.10 Å². The fraction of sp³-hybridized carbons (Fsp3) is 0.304. The van der Waals surface area contributed by atoms with Crippen LogP contribution in [0.3, 0.4) is 0 Å². The van der Waals surface area contributed by atoms with Crippen molar-refractivity contribution in [1.29, 1.82) is 0 Å². The monoisotopic (exact) mass is 425 g/mol. The van der Waals surface area contributed by atoms with Crippen LogP contribution in [0.1, 0.15) is 48.4 Å². The minimum atomic E-state index is -1.24. The molecule has 0 fully saturated rings. The first-order chi connectivity index (χ1) is 14.5. The lowest BCUT2D eigenvalue weighted by Gasteiger charge is -2.21. The van der Waals surface area contributed by atoms with E-state index >= 15 is 0 Å². The summed E-state index contributed by atoms with van der Waals surface area (Å²) in [5.41, 5.74) is 0.285. The third-order valence-electron chi connectivity index (χ3n) is 4.20. The molecule has 0 aliphatic rings. The number of carbonyl (C=O) groups excluding carboxylic acids is 4. The molecule has 0 aliphatic carbocycles. The lowest BCUT2D eigenvalue weighted by molar-refractivity contribution is -0.127. The number of urea groups is 1. The lowest BCUT2D eigenvalue weighted by Crippen LogP contribution is -2.50. The van der Waals surface area contributed by atoms with E-state index in [9.17, 15) is 19.2 Å². The number of nitrogens with one attached hydrogen (secondary N) is 2. The van der Waals surface area contributed by atoms with Crippen molar-refractivity contribution < 1.29 is 23.9 Å². The molecule has 0 radical (unpaired) electrons. The van der Waals surface area contributed by atoms with Crippen molar-refractivity contribution in [2.75, 3.05) is 11.9 Å². The number of carbonyl (C=O) groups is 4. The summed E-state index contributed by atoms with van der Waals surface area (Å²) < 4.78 is 5.20. The van der Waals surface area contributed by atoms with Crippen molar-refractivity contribution in [3.8, 4) is 0 Å². The van der Waals surface area contributed by atoms with E-state index in [4.69, 9.17) is 4.74 Å². The van der Waals surface area contributed by atoms with Gasteiger partial charge in [-0.05, 0) is 52.0 Å². The van der Waals surface area contributed by atoms with Crippen LogP contribution in [0.5, 0.6) is 0 Å². The largest absolute Gasteiger partial charge is 0.449 e. The van der Waals surface area contributed by atoms with E-state index in [1.807, 2.05) is 6.07 Å². The van der Waals surface area contributed by atoms with Gasteiger partial charge >= 0.3 is 12.0 Å². The highest BCUT2D eigenvalue weighted by Gasteiger charge is 2.26. The van der Waals surface area contributed by atoms with E-state index in [-0.39, 0.29) is 11.1 Å². The number of hydrogen-bond donors (Lipinski definition) is 2.